The fourth-order valence-electron chi connectivity index (χ4n) is 2.95. The van der Waals surface area contributed by atoms with Gasteiger partial charge in [0.2, 0.25) is 11.8 Å². The number of halogens is 1. The van der Waals surface area contributed by atoms with Crippen molar-refractivity contribution in [1.82, 2.24) is 10.2 Å². The molecular weight excluding hydrogens is 352 g/mol. The minimum absolute atomic E-state index is 0.00266. The van der Waals surface area contributed by atoms with Crippen LogP contribution in [0, 0.1) is 11.8 Å². The van der Waals surface area contributed by atoms with E-state index in [9.17, 15) is 9.59 Å². The number of piperazine rings is 1. The Balaban J connectivity index is 1.86. The van der Waals surface area contributed by atoms with Gasteiger partial charge in [0.25, 0.3) is 0 Å². The Kier molecular flexibility index (Phi) is 4.10. The summed E-state index contributed by atoms with van der Waals surface area (Å²) in [6, 6.07) is 3.32. The molecule has 0 radical (unpaired) electrons. The lowest BCUT2D eigenvalue weighted by Crippen LogP contribution is -2.65. The van der Waals surface area contributed by atoms with Crippen molar-refractivity contribution >= 4 is 39.1 Å². The van der Waals surface area contributed by atoms with Gasteiger partial charge in [0.15, 0.2) is 0 Å². The van der Waals surface area contributed by atoms with Crippen molar-refractivity contribution in [3.8, 4) is 0 Å². The molecule has 0 aromatic carbocycles. The van der Waals surface area contributed by atoms with E-state index in [-0.39, 0.29) is 29.8 Å². The van der Waals surface area contributed by atoms with Crippen molar-refractivity contribution in [1.29, 1.82) is 0 Å². The van der Waals surface area contributed by atoms with Gasteiger partial charge in [-0.15, -0.1) is 11.3 Å². The average molecular weight is 371 g/mol. The molecule has 2 aliphatic rings. The topological polar surface area (TPSA) is 49.4 Å². The van der Waals surface area contributed by atoms with Crippen molar-refractivity contribution in [2.75, 3.05) is 0 Å². The molecule has 4 nitrogen and oxygen atoms in total. The summed E-state index contributed by atoms with van der Waals surface area (Å²) in [6.45, 7) is 4.51. The molecule has 1 N–H and O–H groups in total. The number of nitrogens with zero attached hydrogens (tertiary/aromatic N) is 1. The first-order valence-electron chi connectivity index (χ1n) is 7.32. The SMILES string of the molecule is CC(C)C1C(=O)NC(C2CC2)C(=O)N1Cc1ccc(Br)s1. The Morgan fingerprint density at radius 2 is 2.10 bits per heavy atom. The number of hydrogen-bond donors (Lipinski definition) is 1. The molecule has 2 amide bonds. The fourth-order valence-corrected chi connectivity index (χ4v) is 4.43. The highest BCUT2D eigenvalue weighted by atomic mass is 79.9. The molecule has 1 aromatic heterocycles. The third kappa shape index (κ3) is 3.01. The summed E-state index contributed by atoms with van der Waals surface area (Å²) in [4.78, 5) is 28.1. The second-order valence-electron chi connectivity index (χ2n) is 6.18. The minimum atomic E-state index is -0.367. The summed E-state index contributed by atoms with van der Waals surface area (Å²) in [6.07, 6.45) is 2.09. The third-order valence-corrected chi connectivity index (χ3v) is 5.74. The van der Waals surface area contributed by atoms with E-state index in [0.717, 1.165) is 21.5 Å². The van der Waals surface area contributed by atoms with E-state index < -0.39 is 0 Å². The molecule has 1 saturated heterocycles. The van der Waals surface area contributed by atoms with E-state index >= 15 is 0 Å². The van der Waals surface area contributed by atoms with Crippen LogP contribution in [0.4, 0.5) is 0 Å². The van der Waals surface area contributed by atoms with Crippen LogP contribution in [0.1, 0.15) is 31.6 Å². The van der Waals surface area contributed by atoms with Gasteiger partial charge in [-0.05, 0) is 52.7 Å². The number of nitrogens with one attached hydrogen (secondary N) is 1. The van der Waals surface area contributed by atoms with Crippen molar-refractivity contribution < 1.29 is 9.59 Å². The van der Waals surface area contributed by atoms with Gasteiger partial charge < -0.3 is 10.2 Å². The normalized spacial score (nSPS) is 26.4. The lowest BCUT2D eigenvalue weighted by atomic mass is 9.95. The van der Waals surface area contributed by atoms with E-state index in [1.165, 1.54) is 0 Å². The quantitative estimate of drug-likeness (QED) is 0.885. The Morgan fingerprint density at radius 3 is 2.62 bits per heavy atom. The van der Waals surface area contributed by atoms with E-state index in [2.05, 4.69) is 21.2 Å². The Labute approximate surface area is 137 Å². The monoisotopic (exact) mass is 370 g/mol. The zero-order valence-corrected chi connectivity index (χ0v) is 14.5. The van der Waals surface area contributed by atoms with Crippen LogP contribution in [0.25, 0.3) is 0 Å². The van der Waals surface area contributed by atoms with Crippen LogP contribution in [0.2, 0.25) is 0 Å². The molecule has 0 bridgehead atoms. The van der Waals surface area contributed by atoms with Crippen LogP contribution >= 0.6 is 27.3 Å². The minimum Gasteiger partial charge on any atom is -0.342 e. The van der Waals surface area contributed by atoms with Gasteiger partial charge >= 0.3 is 0 Å². The van der Waals surface area contributed by atoms with E-state index in [4.69, 9.17) is 0 Å². The largest absolute Gasteiger partial charge is 0.342 e. The van der Waals surface area contributed by atoms with Gasteiger partial charge in [-0.1, -0.05) is 13.8 Å². The van der Waals surface area contributed by atoms with Gasteiger partial charge in [0.05, 0.1) is 10.3 Å². The number of amides is 2. The zero-order valence-electron chi connectivity index (χ0n) is 12.1. The Hall–Kier alpha value is -0.880. The number of hydrogen-bond acceptors (Lipinski definition) is 3. The summed E-state index contributed by atoms with van der Waals surface area (Å²) in [7, 11) is 0. The molecule has 0 spiro atoms. The lowest BCUT2D eigenvalue weighted by molar-refractivity contribution is -0.152. The number of thiophene rings is 1. The summed E-state index contributed by atoms with van der Waals surface area (Å²) in [5.41, 5.74) is 0. The molecule has 1 saturated carbocycles. The van der Waals surface area contributed by atoms with Crippen LogP contribution in [0.15, 0.2) is 15.9 Å². The van der Waals surface area contributed by atoms with Crippen LogP contribution in [-0.4, -0.2) is 28.8 Å². The summed E-state index contributed by atoms with van der Waals surface area (Å²) >= 11 is 5.06. The average Bonchev–Trinajstić information content (AvgIpc) is 3.17. The van der Waals surface area contributed by atoms with Gasteiger partial charge in [0.1, 0.15) is 12.1 Å². The molecule has 2 heterocycles. The maximum atomic E-state index is 12.8. The first kappa shape index (κ1) is 15.0. The Morgan fingerprint density at radius 1 is 1.38 bits per heavy atom. The molecule has 3 rings (SSSR count). The van der Waals surface area contributed by atoms with Gasteiger partial charge in [-0.25, -0.2) is 0 Å². The van der Waals surface area contributed by atoms with E-state index in [0.29, 0.717) is 12.5 Å². The van der Waals surface area contributed by atoms with Crippen molar-refractivity contribution in [3.05, 3.63) is 20.8 Å². The standard InChI is InChI=1S/C15H19BrN2O2S/c1-8(2)13-14(19)17-12(9-3-4-9)15(20)18(13)7-10-5-6-11(16)21-10/h5-6,8-9,12-13H,3-4,7H2,1-2H3,(H,17,19). The van der Waals surface area contributed by atoms with Crippen molar-refractivity contribution in [2.24, 2.45) is 11.8 Å². The van der Waals surface area contributed by atoms with Gasteiger partial charge in [-0.2, -0.15) is 0 Å². The highest BCUT2D eigenvalue weighted by Gasteiger charge is 2.47. The second-order valence-corrected chi connectivity index (χ2v) is 8.73. The van der Waals surface area contributed by atoms with Crippen LogP contribution < -0.4 is 5.32 Å². The lowest BCUT2D eigenvalue weighted by Gasteiger charge is -2.40. The predicted molar refractivity (Wildman–Crippen MR) is 85.8 cm³/mol. The van der Waals surface area contributed by atoms with Crippen molar-refractivity contribution in [3.63, 3.8) is 0 Å². The first-order valence-corrected chi connectivity index (χ1v) is 8.93. The zero-order chi connectivity index (χ0) is 15.1. The number of carbonyl (C=O) groups is 2. The van der Waals surface area contributed by atoms with Gasteiger partial charge in [-0.3, -0.25) is 9.59 Å². The number of carbonyl (C=O) groups excluding carboxylic acids is 2. The van der Waals surface area contributed by atoms with Crippen molar-refractivity contribution in [2.45, 2.75) is 45.3 Å². The fraction of sp³-hybridized carbons (Fsp3) is 0.600. The molecule has 114 valence electrons. The molecule has 1 aliphatic heterocycles. The maximum absolute atomic E-state index is 12.8. The highest BCUT2D eigenvalue weighted by Crippen LogP contribution is 2.36. The number of rotatable bonds is 4. The second kappa shape index (κ2) is 5.72. The summed E-state index contributed by atoms with van der Waals surface area (Å²) in [5.74, 6) is 0.530. The Bertz CT molecular complexity index is 568. The smallest absolute Gasteiger partial charge is 0.246 e. The van der Waals surface area contributed by atoms with Crippen LogP contribution in [-0.2, 0) is 16.1 Å². The van der Waals surface area contributed by atoms with E-state index in [1.807, 2.05) is 26.0 Å². The van der Waals surface area contributed by atoms with Crippen LogP contribution in [0.5, 0.6) is 0 Å². The third-order valence-electron chi connectivity index (χ3n) is 4.13. The molecule has 2 unspecified atom stereocenters. The first-order chi connectivity index (χ1) is 9.97. The molecule has 21 heavy (non-hydrogen) atoms. The molecular formula is C15H19BrN2O2S. The summed E-state index contributed by atoms with van der Waals surface area (Å²) < 4.78 is 1.05. The maximum Gasteiger partial charge on any atom is 0.246 e. The highest BCUT2D eigenvalue weighted by molar-refractivity contribution is 9.11. The molecule has 2 atom stereocenters. The summed E-state index contributed by atoms with van der Waals surface area (Å²) in [5, 5.41) is 2.94. The molecule has 1 aliphatic carbocycles. The molecule has 1 aromatic rings. The predicted octanol–water partition coefficient (Wildman–Crippen LogP) is 2.77. The van der Waals surface area contributed by atoms with Gasteiger partial charge in [0, 0.05) is 4.88 Å². The van der Waals surface area contributed by atoms with Crippen LogP contribution in [0.3, 0.4) is 0 Å². The van der Waals surface area contributed by atoms with E-state index in [1.54, 1.807) is 16.2 Å². The molecule has 2 fully saturated rings. The molecule has 6 heteroatoms.